The molecule has 3 heteroatoms. The van der Waals surface area contributed by atoms with Gasteiger partial charge in [0.2, 0.25) is 0 Å². The van der Waals surface area contributed by atoms with E-state index < -0.39 is 0 Å². The number of hydrogen-bond donors (Lipinski definition) is 2. The van der Waals surface area contributed by atoms with Gasteiger partial charge in [0.1, 0.15) is 0 Å². The third-order valence-electron chi connectivity index (χ3n) is 4.94. The molecule has 0 aromatic carbocycles. The molecule has 3 nitrogen and oxygen atoms in total. The van der Waals surface area contributed by atoms with Gasteiger partial charge in [-0.15, -0.1) is 0 Å². The van der Waals surface area contributed by atoms with E-state index in [1.165, 1.54) is 51.6 Å². The Kier molecular flexibility index (Phi) is 3.69. The van der Waals surface area contributed by atoms with Gasteiger partial charge in [-0.2, -0.15) is 0 Å². The molecule has 4 atom stereocenters. The molecule has 2 heterocycles. The predicted molar refractivity (Wildman–Crippen MR) is 69.0 cm³/mol. The van der Waals surface area contributed by atoms with Crippen LogP contribution in [0.25, 0.3) is 0 Å². The van der Waals surface area contributed by atoms with E-state index in [0.717, 1.165) is 18.9 Å². The number of aliphatic hydroxyl groups excluding tert-OH is 1. The van der Waals surface area contributed by atoms with E-state index in [9.17, 15) is 5.11 Å². The molecule has 3 aliphatic rings. The molecule has 3 fully saturated rings. The molecule has 98 valence electrons. The molecule has 1 saturated carbocycles. The Balaban J connectivity index is 1.48. The van der Waals surface area contributed by atoms with Crippen LogP contribution in [0.15, 0.2) is 0 Å². The highest BCUT2D eigenvalue weighted by atomic mass is 16.3. The lowest BCUT2D eigenvalue weighted by Crippen LogP contribution is -2.49. The summed E-state index contributed by atoms with van der Waals surface area (Å²) in [6.45, 7) is 2.62. The Morgan fingerprint density at radius 2 is 1.76 bits per heavy atom. The van der Waals surface area contributed by atoms with Gasteiger partial charge < -0.3 is 15.3 Å². The summed E-state index contributed by atoms with van der Waals surface area (Å²) < 4.78 is 0. The number of fused-ring (bicyclic) bond motifs is 1. The summed E-state index contributed by atoms with van der Waals surface area (Å²) >= 11 is 0. The van der Waals surface area contributed by atoms with Crippen LogP contribution in [-0.2, 0) is 0 Å². The maximum Gasteiger partial charge on any atom is 0.0555 e. The second kappa shape index (κ2) is 5.25. The van der Waals surface area contributed by atoms with Crippen LogP contribution >= 0.6 is 0 Å². The topological polar surface area (TPSA) is 35.5 Å². The molecule has 0 bridgehead atoms. The van der Waals surface area contributed by atoms with Crippen LogP contribution in [0.5, 0.6) is 0 Å². The summed E-state index contributed by atoms with van der Waals surface area (Å²) in [6, 6.07) is 2.15. The van der Waals surface area contributed by atoms with Gasteiger partial charge in [0, 0.05) is 18.1 Å². The van der Waals surface area contributed by atoms with Gasteiger partial charge in [-0.05, 0) is 64.5 Å². The zero-order valence-corrected chi connectivity index (χ0v) is 10.8. The number of nitrogens with zero attached hydrogens (tertiary/aromatic N) is 1. The van der Waals surface area contributed by atoms with Crippen LogP contribution in [0.1, 0.15) is 51.4 Å². The highest BCUT2D eigenvalue weighted by molar-refractivity contribution is 4.91. The van der Waals surface area contributed by atoms with Gasteiger partial charge in [0.05, 0.1) is 6.10 Å². The van der Waals surface area contributed by atoms with Crippen molar-refractivity contribution in [3.05, 3.63) is 0 Å². The summed E-state index contributed by atoms with van der Waals surface area (Å²) in [4.78, 5) is 2.67. The largest absolute Gasteiger partial charge is 0.393 e. The lowest BCUT2D eigenvalue weighted by Gasteiger charge is -2.38. The lowest BCUT2D eigenvalue weighted by atomic mass is 9.90. The van der Waals surface area contributed by atoms with Crippen LogP contribution in [0.2, 0.25) is 0 Å². The number of aliphatic hydroxyl groups is 1. The molecule has 4 unspecified atom stereocenters. The lowest BCUT2D eigenvalue weighted by molar-refractivity contribution is 0.0979. The third-order valence-corrected chi connectivity index (χ3v) is 4.94. The quantitative estimate of drug-likeness (QED) is 0.765. The van der Waals surface area contributed by atoms with E-state index in [4.69, 9.17) is 0 Å². The molecule has 2 saturated heterocycles. The van der Waals surface area contributed by atoms with Crippen molar-refractivity contribution >= 4 is 0 Å². The first-order valence-electron chi connectivity index (χ1n) is 7.49. The van der Waals surface area contributed by atoms with Crippen LogP contribution in [0, 0.1) is 0 Å². The summed E-state index contributed by atoms with van der Waals surface area (Å²) in [5, 5.41) is 13.5. The fourth-order valence-electron chi connectivity index (χ4n) is 4.02. The molecular formula is C14H26N2O. The second-order valence-corrected chi connectivity index (χ2v) is 6.24. The van der Waals surface area contributed by atoms with Crippen molar-refractivity contribution in [2.45, 2.75) is 75.6 Å². The smallest absolute Gasteiger partial charge is 0.0555 e. The monoisotopic (exact) mass is 238 g/mol. The van der Waals surface area contributed by atoms with E-state index >= 15 is 0 Å². The van der Waals surface area contributed by atoms with Crippen molar-refractivity contribution in [3.63, 3.8) is 0 Å². The molecule has 0 aromatic heterocycles. The van der Waals surface area contributed by atoms with Crippen molar-refractivity contribution in [2.24, 2.45) is 0 Å². The van der Waals surface area contributed by atoms with Gasteiger partial charge in [0.15, 0.2) is 0 Å². The highest BCUT2D eigenvalue weighted by Gasteiger charge is 2.33. The van der Waals surface area contributed by atoms with E-state index in [2.05, 4.69) is 10.2 Å². The van der Waals surface area contributed by atoms with Crippen LogP contribution in [0.4, 0.5) is 0 Å². The predicted octanol–water partition coefficient (Wildman–Crippen LogP) is 1.51. The van der Waals surface area contributed by atoms with Gasteiger partial charge in [-0.1, -0.05) is 0 Å². The molecule has 0 spiro atoms. The molecule has 2 N–H and O–H groups in total. The molecule has 3 rings (SSSR count). The Morgan fingerprint density at radius 3 is 2.65 bits per heavy atom. The molecule has 0 amide bonds. The van der Waals surface area contributed by atoms with Gasteiger partial charge in [-0.3, -0.25) is 0 Å². The molecular weight excluding hydrogens is 212 g/mol. The maximum absolute atomic E-state index is 9.71. The van der Waals surface area contributed by atoms with Crippen molar-refractivity contribution in [1.82, 2.24) is 10.2 Å². The van der Waals surface area contributed by atoms with E-state index in [-0.39, 0.29) is 6.10 Å². The molecule has 17 heavy (non-hydrogen) atoms. The van der Waals surface area contributed by atoms with Gasteiger partial charge in [-0.25, -0.2) is 0 Å². The average Bonchev–Trinajstić information content (AvgIpc) is 2.76. The molecule has 0 radical (unpaired) electrons. The summed E-state index contributed by atoms with van der Waals surface area (Å²) in [7, 11) is 0. The van der Waals surface area contributed by atoms with Crippen molar-refractivity contribution in [1.29, 1.82) is 0 Å². The standard InChI is InChI=1S/C14H26N2O/c17-14-5-1-3-11(10-14)15-12-6-8-16-7-2-4-13(16)9-12/h11-15,17H,1-10H2. The fraction of sp³-hybridized carbons (Fsp3) is 1.00. The van der Waals surface area contributed by atoms with Gasteiger partial charge >= 0.3 is 0 Å². The van der Waals surface area contributed by atoms with Crippen molar-refractivity contribution < 1.29 is 5.11 Å². The van der Waals surface area contributed by atoms with E-state index in [1.54, 1.807) is 0 Å². The molecule has 0 aromatic rings. The third kappa shape index (κ3) is 2.83. The van der Waals surface area contributed by atoms with E-state index in [0.29, 0.717) is 12.1 Å². The van der Waals surface area contributed by atoms with Crippen LogP contribution < -0.4 is 5.32 Å². The van der Waals surface area contributed by atoms with E-state index in [1.807, 2.05) is 0 Å². The zero-order chi connectivity index (χ0) is 11.7. The SMILES string of the molecule is OC1CCCC(NC2CCN3CCCC3C2)C1. The Hall–Kier alpha value is -0.120. The second-order valence-electron chi connectivity index (χ2n) is 6.24. The maximum atomic E-state index is 9.71. The summed E-state index contributed by atoms with van der Waals surface area (Å²) in [6.07, 6.45) is 9.86. The normalized spacial score (nSPS) is 43.6. The molecule has 1 aliphatic carbocycles. The minimum atomic E-state index is -0.0483. The van der Waals surface area contributed by atoms with Gasteiger partial charge in [0.25, 0.3) is 0 Å². The Labute approximate surface area is 105 Å². The van der Waals surface area contributed by atoms with Crippen molar-refractivity contribution in [3.8, 4) is 0 Å². The van der Waals surface area contributed by atoms with Crippen molar-refractivity contribution in [2.75, 3.05) is 13.1 Å². The zero-order valence-electron chi connectivity index (χ0n) is 10.8. The van der Waals surface area contributed by atoms with Crippen LogP contribution in [0.3, 0.4) is 0 Å². The summed E-state index contributed by atoms with van der Waals surface area (Å²) in [5.74, 6) is 0. The Morgan fingerprint density at radius 1 is 0.882 bits per heavy atom. The number of piperidine rings is 1. The first kappa shape index (κ1) is 11.9. The Bertz CT molecular complexity index is 259. The average molecular weight is 238 g/mol. The highest BCUT2D eigenvalue weighted by Crippen LogP contribution is 2.28. The first-order chi connectivity index (χ1) is 8.31. The first-order valence-corrected chi connectivity index (χ1v) is 7.49. The molecule has 2 aliphatic heterocycles. The number of nitrogens with one attached hydrogen (secondary N) is 1. The minimum Gasteiger partial charge on any atom is -0.393 e. The number of hydrogen-bond acceptors (Lipinski definition) is 3. The summed E-state index contributed by atoms with van der Waals surface area (Å²) in [5.41, 5.74) is 0. The number of rotatable bonds is 2. The fourth-order valence-corrected chi connectivity index (χ4v) is 4.02. The minimum absolute atomic E-state index is 0.0483. The van der Waals surface area contributed by atoms with Crippen LogP contribution in [-0.4, -0.2) is 47.3 Å².